The molecule has 1 saturated carbocycles. The molecule has 1 rings (SSSR count). The third-order valence-electron chi connectivity index (χ3n) is 2.85. The molecule has 0 spiro atoms. The Morgan fingerprint density at radius 2 is 2.00 bits per heavy atom. The van der Waals surface area contributed by atoms with Gasteiger partial charge in [-0.1, -0.05) is 12.8 Å². The summed E-state index contributed by atoms with van der Waals surface area (Å²) in [6.07, 6.45) is 3.69. The van der Waals surface area contributed by atoms with E-state index < -0.39 is 5.97 Å². The van der Waals surface area contributed by atoms with Crippen LogP contribution in [0.3, 0.4) is 0 Å². The summed E-state index contributed by atoms with van der Waals surface area (Å²) in [6.45, 7) is 0. The fraction of sp³-hybridized carbons (Fsp3) is 0.800. The van der Waals surface area contributed by atoms with Crippen LogP contribution in [0.1, 0.15) is 32.1 Å². The predicted octanol–water partition coefficient (Wildman–Crippen LogP) is 1.44. The molecule has 1 aliphatic carbocycles. The van der Waals surface area contributed by atoms with Gasteiger partial charge in [-0.15, -0.1) is 0 Å². The highest BCUT2D eigenvalue weighted by Gasteiger charge is 2.32. The Bertz CT molecular complexity index is 224. The fourth-order valence-electron chi connectivity index (χ4n) is 2.14. The zero-order valence-electron chi connectivity index (χ0n) is 8.36. The maximum absolute atomic E-state index is 11.3. The number of carboxylic acids is 1. The van der Waals surface area contributed by atoms with Crippen molar-refractivity contribution in [2.75, 3.05) is 7.11 Å². The summed E-state index contributed by atoms with van der Waals surface area (Å²) in [4.78, 5) is 21.9. The molecule has 14 heavy (non-hydrogen) atoms. The van der Waals surface area contributed by atoms with Crippen LogP contribution < -0.4 is 0 Å². The van der Waals surface area contributed by atoms with Crippen molar-refractivity contribution in [1.82, 2.24) is 0 Å². The van der Waals surface area contributed by atoms with Crippen molar-refractivity contribution in [2.45, 2.75) is 32.1 Å². The van der Waals surface area contributed by atoms with Gasteiger partial charge in [0.15, 0.2) is 0 Å². The number of rotatable bonds is 3. The summed E-state index contributed by atoms with van der Waals surface area (Å²) in [5, 5.41) is 8.69. The summed E-state index contributed by atoms with van der Waals surface area (Å²) in [7, 11) is 1.36. The Labute approximate surface area is 83.2 Å². The van der Waals surface area contributed by atoms with Gasteiger partial charge in [0.05, 0.1) is 13.0 Å². The van der Waals surface area contributed by atoms with Gasteiger partial charge in [-0.05, 0) is 18.8 Å². The first-order valence-corrected chi connectivity index (χ1v) is 4.94. The molecule has 0 radical (unpaired) electrons. The van der Waals surface area contributed by atoms with Gasteiger partial charge in [0.25, 0.3) is 0 Å². The van der Waals surface area contributed by atoms with E-state index in [9.17, 15) is 9.59 Å². The molecule has 0 aromatic carbocycles. The quantitative estimate of drug-likeness (QED) is 0.700. The average Bonchev–Trinajstić information content (AvgIpc) is 2.16. The highest BCUT2D eigenvalue weighted by Crippen LogP contribution is 2.33. The number of esters is 1. The van der Waals surface area contributed by atoms with E-state index in [-0.39, 0.29) is 24.2 Å². The zero-order chi connectivity index (χ0) is 10.6. The molecule has 0 unspecified atom stereocenters. The second-order valence-corrected chi connectivity index (χ2v) is 3.77. The highest BCUT2D eigenvalue weighted by atomic mass is 16.5. The van der Waals surface area contributed by atoms with E-state index in [1.165, 1.54) is 7.11 Å². The molecule has 1 aliphatic rings. The van der Waals surface area contributed by atoms with Gasteiger partial charge < -0.3 is 9.84 Å². The van der Waals surface area contributed by atoms with E-state index in [4.69, 9.17) is 5.11 Å². The number of aliphatic carboxylic acids is 1. The van der Waals surface area contributed by atoms with Crippen molar-refractivity contribution in [1.29, 1.82) is 0 Å². The number of carboxylic acid groups (broad SMARTS) is 1. The Hall–Kier alpha value is -1.06. The lowest BCUT2D eigenvalue weighted by molar-refractivity contribution is -0.150. The molecule has 0 amide bonds. The number of hydrogen-bond donors (Lipinski definition) is 1. The van der Waals surface area contributed by atoms with Gasteiger partial charge in [0.1, 0.15) is 0 Å². The standard InChI is InChI=1S/C10H16O4/c1-14-10(13)8-5-3-2-4-7(8)6-9(11)12/h7-8H,2-6H2,1H3,(H,11,12)/t7-,8-/m1/s1. The number of hydrogen-bond acceptors (Lipinski definition) is 3. The normalized spacial score (nSPS) is 26.9. The van der Waals surface area contributed by atoms with E-state index in [2.05, 4.69) is 4.74 Å². The lowest BCUT2D eigenvalue weighted by Gasteiger charge is -2.28. The van der Waals surface area contributed by atoms with E-state index in [0.717, 1.165) is 25.7 Å². The van der Waals surface area contributed by atoms with Crippen LogP contribution in [0, 0.1) is 11.8 Å². The van der Waals surface area contributed by atoms with Crippen molar-refractivity contribution >= 4 is 11.9 Å². The summed E-state index contributed by atoms with van der Waals surface area (Å²) in [5.41, 5.74) is 0. The maximum atomic E-state index is 11.3. The third kappa shape index (κ3) is 2.72. The molecule has 0 aliphatic heterocycles. The molecule has 80 valence electrons. The van der Waals surface area contributed by atoms with Gasteiger partial charge in [-0.2, -0.15) is 0 Å². The highest BCUT2D eigenvalue weighted by molar-refractivity contribution is 5.74. The zero-order valence-corrected chi connectivity index (χ0v) is 8.36. The van der Waals surface area contributed by atoms with Crippen molar-refractivity contribution in [3.8, 4) is 0 Å². The predicted molar refractivity (Wildman–Crippen MR) is 49.7 cm³/mol. The Balaban J connectivity index is 2.58. The second-order valence-electron chi connectivity index (χ2n) is 3.77. The lowest BCUT2D eigenvalue weighted by atomic mass is 9.77. The van der Waals surface area contributed by atoms with Crippen LogP contribution in [-0.4, -0.2) is 24.2 Å². The monoisotopic (exact) mass is 200 g/mol. The topological polar surface area (TPSA) is 63.6 Å². The minimum atomic E-state index is -0.828. The molecule has 0 bridgehead atoms. The summed E-state index contributed by atoms with van der Waals surface area (Å²) >= 11 is 0. The molecule has 0 saturated heterocycles. The minimum Gasteiger partial charge on any atom is -0.481 e. The molecule has 1 N–H and O–H groups in total. The van der Waals surface area contributed by atoms with Crippen molar-refractivity contribution < 1.29 is 19.4 Å². The fourth-order valence-corrected chi connectivity index (χ4v) is 2.14. The summed E-state index contributed by atoms with van der Waals surface area (Å²) in [6, 6.07) is 0. The van der Waals surface area contributed by atoms with Crippen molar-refractivity contribution in [2.24, 2.45) is 11.8 Å². The van der Waals surface area contributed by atoms with E-state index in [1.54, 1.807) is 0 Å². The van der Waals surface area contributed by atoms with Crippen molar-refractivity contribution in [3.05, 3.63) is 0 Å². The summed E-state index contributed by atoms with van der Waals surface area (Å²) in [5.74, 6) is -1.32. The van der Waals surface area contributed by atoms with Gasteiger partial charge in [-0.25, -0.2) is 0 Å². The summed E-state index contributed by atoms with van der Waals surface area (Å²) < 4.78 is 4.67. The van der Waals surface area contributed by atoms with Crippen LogP contribution >= 0.6 is 0 Å². The van der Waals surface area contributed by atoms with Gasteiger partial charge in [0, 0.05) is 6.42 Å². The van der Waals surface area contributed by atoms with Gasteiger partial charge in [-0.3, -0.25) is 9.59 Å². The SMILES string of the molecule is COC(=O)[C@@H]1CCCC[C@@H]1CC(=O)O. The molecule has 4 nitrogen and oxygen atoms in total. The Morgan fingerprint density at radius 3 is 2.57 bits per heavy atom. The first-order chi connectivity index (χ1) is 6.65. The Morgan fingerprint density at radius 1 is 1.36 bits per heavy atom. The maximum Gasteiger partial charge on any atom is 0.308 e. The smallest absolute Gasteiger partial charge is 0.308 e. The molecule has 0 aromatic rings. The van der Waals surface area contributed by atoms with Crippen LogP contribution in [-0.2, 0) is 14.3 Å². The van der Waals surface area contributed by atoms with Crippen LogP contribution in [0.15, 0.2) is 0 Å². The van der Waals surface area contributed by atoms with Crippen LogP contribution in [0.2, 0.25) is 0 Å². The number of methoxy groups -OCH3 is 1. The molecule has 1 fully saturated rings. The van der Waals surface area contributed by atoms with E-state index in [0.29, 0.717) is 0 Å². The van der Waals surface area contributed by atoms with Gasteiger partial charge >= 0.3 is 11.9 Å². The lowest BCUT2D eigenvalue weighted by Crippen LogP contribution is -2.29. The van der Waals surface area contributed by atoms with Crippen LogP contribution in [0.5, 0.6) is 0 Å². The molecule has 2 atom stereocenters. The first-order valence-electron chi connectivity index (χ1n) is 4.94. The molecule has 0 aromatic heterocycles. The first kappa shape index (κ1) is 11.0. The van der Waals surface area contributed by atoms with Crippen LogP contribution in [0.25, 0.3) is 0 Å². The number of carbonyl (C=O) groups is 2. The minimum absolute atomic E-state index is 0.0336. The van der Waals surface area contributed by atoms with Crippen molar-refractivity contribution in [3.63, 3.8) is 0 Å². The number of carbonyl (C=O) groups excluding carboxylic acids is 1. The molecule has 4 heteroatoms. The van der Waals surface area contributed by atoms with Gasteiger partial charge in [0.2, 0.25) is 0 Å². The van der Waals surface area contributed by atoms with E-state index in [1.807, 2.05) is 0 Å². The second kappa shape index (κ2) is 4.98. The third-order valence-corrected chi connectivity index (χ3v) is 2.85. The number of ether oxygens (including phenoxy) is 1. The van der Waals surface area contributed by atoms with Crippen LogP contribution in [0.4, 0.5) is 0 Å². The van der Waals surface area contributed by atoms with E-state index >= 15 is 0 Å². The molecular formula is C10H16O4. The largest absolute Gasteiger partial charge is 0.481 e. The average molecular weight is 200 g/mol. The molecule has 0 heterocycles. The Kier molecular flexibility index (Phi) is 3.92. The molecular weight excluding hydrogens is 184 g/mol.